The van der Waals surface area contributed by atoms with Gasteiger partial charge in [0, 0.05) is 16.2 Å². The van der Waals surface area contributed by atoms with Crippen LogP contribution in [0.1, 0.15) is 10.4 Å². The number of benzene rings is 2. The number of hydrogen-bond acceptors (Lipinski definition) is 3. The Hall–Kier alpha value is -1.60. The van der Waals surface area contributed by atoms with Crippen LogP contribution < -0.4 is 15.8 Å². The van der Waals surface area contributed by atoms with Crippen LogP contribution in [0.2, 0.25) is 0 Å². The monoisotopic (exact) mass is 416 g/mol. The molecular formula is C14H11Br2FN2O2. The second kappa shape index (κ2) is 6.44. The Kier molecular flexibility index (Phi) is 4.84. The number of nitrogens with one attached hydrogen (secondary N) is 1. The average molecular weight is 418 g/mol. The molecule has 3 N–H and O–H groups in total. The first-order chi connectivity index (χ1) is 9.92. The lowest BCUT2D eigenvalue weighted by molar-refractivity contribution is 0.102. The maximum absolute atomic E-state index is 13.7. The number of ether oxygens (including phenoxy) is 1. The predicted molar refractivity (Wildman–Crippen MR) is 87.2 cm³/mol. The summed E-state index contributed by atoms with van der Waals surface area (Å²) in [4.78, 5) is 12.1. The fourth-order valence-corrected chi connectivity index (χ4v) is 2.94. The fraction of sp³-hybridized carbons (Fsp3) is 0.0714. The van der Waals surface area contributed by atoms with Gasteiger partial charge in [-0.1, -0.05) is 0 Å². The van der Waals surface area contributed by atoms with Crippen molar-refractivity contribution in [2.45, 2.75) is 0 Å². The Morgan fingerprint density at radius 2 is 1.95 bits per heavy atom. The highest BCUT2D eigenvalue weighted by atomic mass is 79.9. The number of carbonyl (C=O) groups is 1. The van der Waals surface area contributed by atoms with E-state index < -0.39 is 11.7 Å². The van der Waals surface area contributed by atoms with E-state index in [9.17, 15) is 9.18 Å². The van der Waals surface area contributed by atoms with Crippen LogP contribution in [0.4, 0.5) is 15.8 Å². The summed E-state index contributed by atoms with van der Waals surface area (Å²) >= 11 is 6.66. The molecule has 0 fully saturated rings. The minimum absolute atomic E-state index is 0.121. The van der Waals surface area contributed by atoms with Gasteiger partial charge in [0.05, 0.1) is 22.8 Å². The van der Waals surface area contributed by atoms with Crippen molar-refractivity contribution in [1.29, 1.82) is 0 Å². The Labute approximate surface area is 137 Å². The number of hydrogen-bond donors (Lipinski definition) is 2. The molecule has 0 unspecified atom stereocenters. The van der Waals surface area contributed by atoms with E-state index in [4.69, 9.17) is 10.5 Å². The van der Waals surface area contributed by atoms with Crippen LogP contribution in [-0.2, 0) is 0 Å². The SMILES string of the molecule is COc1cc(NC(=O)c2cc(N)ccc2F)c(Br)cc1Br. The van der Waals surface area contributed by atoms with Crippen molar-refractivity contribution in [3.63, 3.8) is 0 Å². The van der Waals surface area contributed by atoms with Crippen molar-refractivity contribution in [3.8, 4) is 5.75 Å². The van der Waals surface area contributed by atoms with Crippen LogP contribution in [0.5, 0.6) is 5.75 Å². The van der Waals surface area contributed by atoms with Gasteiger partial charge in [0.15, 0.2) is 0 Å². The molecule has 7 heteroatoms. The van der Waals surface area contributed by atoms with Gasteiger partial charge in [-0.05, 0) is 56.1 Å². The summed E-state index contributed by atoms with van der Waals surface area (Å²) in [7, 11) is 1.51. The van der Waals surface area contributed by atoms with Crippen molar-refractivity contribution < 1.29 is 13.9 Å². The maximum atomic E-state index is 13.7. The fourth-order valence-electron chi connectivity index (χ4n) is 1.69. The molecule has 0 aromatic heterocycles. The lowest BCUT2D eigenvalue weighted by Crippen LogP contribution is -2.14. The van der Waals surface area contributed by atoms with E-state index in [1.54, 1.807) is 12.1 Å². The summed E-state index contributed by atoms with van der Waals surface area (Å²) in [5.41, 5.74) is 6.22. The normalized spacial score (nSPS) is 10.3. The van der Waals surface area contributed by atoms with Gasteiger partial charge in [0.2, 0.25) is 0 Å². The minimum Gasteiger partial charge on any atom is -0.495 e. The molecule has 0 radical (unpaired) electrons. The summed E-state index contributed by atoms with van der Waals surface area (Å²) in [6.07, 6.45) is 0. The lowest BCUT2D eigenvalue weighted by atomic mass is 10.1. The van der Waals surface area contributed by atoms with Gasteiger partial charge in [-0.2, -0.15) is 0 Å². The molecule has 0 heterocycles. The molecule has 110 valence electrons. The molecule has 1 amide bonds. The molecule has 0 saturated carbocycles. The van der Waals surface area contributed by atoms with Crippen molar-refractivity contribution in [3.05, 3.63) is 50.7 Å². The van der Waals surface area contributed by atoms with Crippen molar-refractivity contribution >= 4 is 49.1 Å². The Morgan fingerprint density at radius 1 is 1.24 bits per heavy atom. The predicted octanol–water partition coefficient (Wildman–Crippen LogP) is 4.19. The molecule has 2 aromatic rings. The summed E-state index contributed by atoms with van der Waals surface area (Å²) in [5, 5.41) is 2.61. The van der Waals surface area contributed by atoms with E-state index in [1.807, 2.05) is 0 Å². The summed E-state index contributed by atoms with van der Waals surface area (Å²) in [5.74, 6) is -0.687. The standard InChI is InChI=1S/C14H11Br2FN2O2/c1-21-13-6-12(9(15)5-10(13)16)19-14(20)8-4-7(18)2-3-11(8)17/h2-6H,18H2,1H3,(H,19,20). The zero-order valence-corrected chi connectivity index (χ0v) is 14.1. The van der Waals surface area contributed by atoms with E-state index in [-0.39, 0.29) is 5.56 Å². The topological polar surface area (TPSA) is 64.3 Å². The van der Waals surface area contributed by atoms with Crippen LogP contribution in [0, 0.1) is 5.82 Å². The molecule has 21 heavy (non-hydrogen) atoms. The third-order valence-electron chi connectivity index (χ3n) is 2.72. The first-order valence-electron chi connectivity index (χ1n) is 5.81. The number of nitrogen functional groups attached to an aromatic ring is 1. The number of halogens is 3. The number of amides is 1. The van der Waals surface area contributed by atoms with Gasteiger partial charge in [0.1, 0.15) is 11.6 Å². The van der Waals surface area contributed by atoms with Gasteiger partial charge >= 0.3 is 0 Å². The van der Waals surface area contributed by atoms with Crippen molar-refractivity contribution in [2.24, 2.45) is 0 Å². The van der Waals surface area contributed by atoms with Gasteiger partial charge in [0.25, 0.3) is 5.91 Å². The van der Waals surface area contributed by atoms with Crippen LogP contribution in [0.3, 0.4) is 0 Å². The van der Waals surface area contributed by atoms with Gasteiger partial charge in [-0.15, -0.1) is 0 Å². The van der Waals surface area contributed by atoms with E-state index in [1.165, 1.54) is 19.2 Å². The summed E-state index contributed by atoms with van der Waals surface area (Å²) in [6, 6.07) is 7.18. The Morgan fingerprint density at radius 3 is 2.62 bits per heavy atom. The van der Waals surface area contributed by atoms with Gasteiger partial charge < -0.3 is 15.8 Å². The van der Waals surface area contributed by atoms with Crippen molar-refractivity contribution in [2.75, 3.05) is 18.2 Å². The van der Waals surface area contributed by atoms with E-state index in [0.29, 0.717) is 21.6 Å². The van der Waals surface area contributed by atoms with Gasteiger partial charge in [-0.25, -0.2) is 4.39 Å². The van der Waals surface area contributed by atoms with Crippen LogP contribution in [0.25, 0.3) is 0 Å². The average Bonchev–Trinajstić information content (AvgIpc) is 2.44. The highest BCUT2D eigenvalue weighted by molar-refractivity contribution is 9.11. The first-order valence-corrected chi connectivity index (χ1v) is 7.40. The maximum Gasteiger partial charge on any atom is 0.258 e. The van der Waals surface area contributed by atoms with E-state index in [0.717, 1.165) is 10.5 Å². The van der Waals surface area contributed by atoms with Crippen molar-refractivity contribution in [1.82, 2.24) is 0 Å². The number of methoxy groups -OCH3 is 1. The highest BCUT2D eigenvalue weighted by Gasteiger charge is 2.15. The third kappa shape index (κ3) is 3.54. The Balaban J connectivity index is 2.33. The summed E-state index contributed by atoms with van der Waals surface area (Å²) < 4.78 is 20.2. The molecule has 0 bridgehead atoms. The van der Waals surface area contributed by atoms with Crippen LogP contribution in [0.15, 0.2) is 39.3 Å². The number of carbonyl (C=O) groups excluding carboxylic acids is 1. The van der Waals surface area contributed by atoms with Crippen LogP contribution in [-0.4, -0.2) is 13.0 Å². The molecule has 0 atom stereocenters. The minimum atomic E-state index is -0.637. The smallest absolute Gasteiger partial charge is 0.258 e. The molecule has 0 spiro atoms. The number of nitrogens with two attached hydrogens (primary N) is 1. The molecule has 0 aliphatic heterocycles. The lowest BCUT2D eigenvalue weighted by Gasteiger charge is -2.11. The second-order valence-electron chi connectivity index (χ2n) is 4.16. The number of rotatable bonds is 3. The zero-order chi connectivity index (χ0) is 15.6. The van der Waals surface area contributed by atoms with Gasteiger partial charge in [-0.3, -0.25) is 4.79 Å². The van der Waals surface area contributed by atoms with Crippen LogP contribution >= 0.6 is 31.9 Å². The van der Waals surface area contributed by atoms with E-state index >= 15 is 0 Å². The molecule has 2 rings (SSSR count). The molecule has 0 saturated heterocycles. The molecule has 0 aliphatic carbocycles. The first kappa shape index (κ1) is 15.8. The van der Waals surface area contributed by atoms with E-state index in [2.05, 4.69) is 37.2 Å². The third-order valence-corrected chi connectivity index (χ3v) is 4.00. The largest absolute Gasteiger partial charge is 0.495 e. The second-order valence-corrected chi connectivity index (χ2v) is 5.87. The molecule has 0 aliphatic rings. The zero-order valence-electron chi connectivity index (χ0n) is 10.9. The molecule has 4 nitrogen and oxygen atoms in total. The highest BCUT2D eigenvalue weighted by Crippen LogP contribution is 2.34. The number of anilines is 2. The summed E-state index contributed by atoms with van der Waals surface area (Å²) in [6.45, 7) is 0. The molecule has 2 aromatic carbocycles. The Bertz CT molecular complexity index is 708. The quantitative estimate of drug-likeness (QED) is 0.735. The molecular weight excluding hydrogens is 407 g/mol.